The van der Waals surface area contributed by atoms with E-state index in [2.05, 4.69) is 0 Å². The van der Waals surface area contributed by atoms with E-state index in [9.17, 15) is 9.59 Å². The first kappa shape index (κ1) is 9.49. The van der Waals surface area contributed by atoms with Crippen LogP contribution in [0.3, 0.4) is 0 Å². The second kappa shape index (κ2) is 3.59. The van der Waals surface area contributed by atoms with Gasteiger partial charge in [0.15, 0.2) is 0 Å². The molecule has 1 aliphatic carbocycles. The van der Waals surface area contributed by atoms with Gasteiger partial charge in [0.1, 0.15) is 0 Å². The quantitative estimate of drug-likeness (QED) is 0.621. The highest BCUT2D eigenvalue weighted by Gasteiger charge is 2.50. The number of carbonyl (C=O) groups excluding carboxylic acids is 2. The predicted octanol–water partition coefficient (Wildman–Crippen LogP) is 0.560. The lowest BCUT2D eigenvalue weighted by Crippen LogP contribution is -2.29. The number of amides is 1. The van der Waals surface area contributed by atoms with E-state index in [-0.39, 0.29) is 23.8 Å². The zero-order valence-electron chi connectivity index (χ0n) is 8.36. The van der Waals surface area contributed by atoms with Gasteiger partial charge in [0.2, 0.25) is 5.91 Å². The predicted molar refractivity (Wildman–Crippen MR) is 49.5 cm³/mol. The molecule has 14 heavy (non-hydrogen) atoms. The normalized spacial score (nSPS) is 30.6. The van der Waals surface area contributed by atoms with Crippen molar-refractivity contribution in [2.24, 2.45) is 5.92 Å². The van der Waals surface area contributed by atoms with Crippen LogP contribution in [0.5, 0.6) is 0 Å². The van der Waals surface area contributed by atoms with Gasteiger partial charge in [0.25, 0.3) is 0 Å². The van der Waals surface area contributed by atoms with Gasteiger partial charge in [-0.25, -0.2) is 0 Å². The molecular weight excluding hydrogens is 182 g/mol. The zero-order valence-corrected chi connectivity index (χ0v) is 8.36. The molecule has 0 aromatic heterocycles. The van der Waals surface area contributed by atoms with E-state index in [4.69, 9.17) is 4.74 Å². The Morgan fingerprint density at radius 1 is 1.64 bits per heavy atom. The standard InChI is InChI=1S/C10H15NO3/c1-2-14-10(13)7-6-8(7)11-5-3-4-9(11)12/h7-8H,2-6H2,1H3/t7-,8-/m1/s1. The van der Waals surface area contributed by atoms with Crippen LogP contribution in [0, 0.1) is 5.92 Å². The molecule has 1 saturated carbocycles. The molecule has 0 unspecified atom stereocenters. The van der Waals surface area contributed by atoms with Gasteiger partial charge >= 0.3 is 5.97 Å². The van der Waals surface area contributed by atoms with Crippen molar-refractivity contribution in [3.63, 3.8) is 0 Å². The number of nitrogens with zero attached hydrogens (tertiary/aromatic N) is 1. The van der Waals surface area contributed by atoms with Crippen LogP contribution in [-0.2, 0) is 14.3 Å². The molecule has 4 heteroatoms. The third-order valence-corrected chi connectivity index (χ3v) is 2.86. The van der Waals surface area contributed by atoms with Crippen LogP contribution < -0.4 is 0 Å². The van der Waals surface area contributed by atoms with E-state index in [1.54, 1.807) is 6.92 Å². The molecular formula is C10H15NO3. The van der Waals surface area contributed by atoms with Crippen LogP contribution in [-0.4, -0.2) is 36.0 Å². The topological polar surface area (TPSA) is 46.6 Å². The molecule has 0 N–H and O–H groups in total. The first-order chi connectivity index (χ1) is 6.74. The summed E-state index contributed by atoms with van der Waals surface area (Å²) in [6.45, 7) is 3.05. The number of ether oxygens (including phenoxy) is 1. The van der Waals surface area contributed by atoms with Gasteiger partial charge in [-0.15, -0.1) is 0 Å². The van der Waals surface area contributed by atoms with E-state index in [0.717, 1.165) is 19.4 Å². The van der Waals surface area contributed by atoms with E-state index < -0.39 is 0 Å². The first-order valence-corrected chi connectivity index (χ1v) is 5.20. The van der Waals surface area contributed by atoms with Crippen molar-refractivity contribution < 1.29 is 14.3 Å². The van der Waals surface area contributed by atoms with Gasteiger partial charge in [-0.3, -0.25) is 9.59 Å². The highest BCUT2D eigenvalue weighted by Crippen LogP contribution is 2.38. The van der Waals surface area contributed by atoms with E-state index in [0.29, 0.717) is 13.0 Å². The maximum Gasteiger partial charge on any atom is 0.311 e. The lowest BCUT2D eigenvalue weighted by atomic mass is 10.4. The molecule has 1 aliphatic heterocycles. The fraction of sp³-hybridized carbons (Fsp3) is 0.800. The molecule has 1 amide bonds. The van der Waals surface area contributed by atoms with Gasteiger partial charge in [-0.1, -0.05) is 0 Å². The molecule has 0 spiro atoms. The Morgan fingerprint density at radius 2 is 2.43 bits per heavy atom. The third kappa shape index (κ3) is 1.61. The number of esters is 1. The molecule has 0 radical (unpaired) electrons. The van der Waals surface area contributed by atoms with Crippen LogP contribution in [0.1, 0.15) is 26.2 Å². The zero-order chi connectivity index (χ0) is 10.1. The molecule has 2 aliphatic rings. The highest BCUT2D eigenvalue weighted by molar-refractivity contribution is 5.82. The molecule has 1 heterocycles. The van der Waals surface area contributed by atoms with E-state index in [1.165, 1.54) is 0 Å². The Hall–Kier alpha value is -1.06. The number of carbonyl (C=O) groups is 2. The summed E-state index contributed by atoms with van der Waals surface area (Å²) >= 11 is 0. The molecule has 0 aromatic carbocycles. The number of hydrogen-bond acceptors (Lipinski definition) is 3. The van der Waals surface area contributed by atoms with Gasteiger partial charge in [-0.2, -0.15) is 0 Å². The fourth-order valence-electron chi connectivity index (χ4n) is 2.05. The second-order valence-electron chi connectivity index (χ2n) is 3.85. The minimum Gasteiger partial charge on any atom is -0.466 e. The third-order valence-electron chi connectivity index (χ3n) is 2.86. The highest BCUT2D eigenvalue weighted by atomic mass is 16.5. The van der Waals surface area contributed by atoms with E-state index in [1.807, 2.05) is 4.90 Å². The van der Waals surface area contributed by atoms with Crippen LogP contribution in [0.2, 0.25) is 0 Å². The summed E-state index contributed by atoms with van der Waals surface area (Å²) < 4.78 is 4.91. The van der Waals surface area contributed by atoms with Gasteiger partial charge < -0.3 is 9.64 Å². The summed E-state index contributed by atoms with van der Waals surface area (Å²) in [6, 6.07) is 0.143. The summed E-state index contributed by atoms with van der Waals surface area (Å²) in [7, 11) is 0. The van der Waals surface area contributed by atoms with Crippen molar-refractivity contribution in [3.8, 4) is 0 Å². The maximum atomic E-state index is 11.4. The van der Waals surface area contributed by atoms with Crippen LogP contribution >= 0.6 is 0 Å². The average Bonchev–Trinajstić information content (AvgIpc) is 2.84. The molecule has 2 fully saturated rings. The molecule has 2 rings (SSSR count). The lowest BCUT2D eigenvalue weighted by molar-refractivity contribution is -0.145. The first-order valence-electron chi connectivity index (χ1n) is 5.20. The Balaban J connectivity index is 1.86. The number of hydrogen-bond donors (Lipinski definition) is 0. The van der Waals surface area contributed by atoms with Crippen LogP contribution in [0.4, 0.5) is 0 Å². The SMILES string of the molecule is CCOC(=O)[C@@H]1C[C@H]1N1CCCC1=O. The Kier molecular flexibility index (Phi) is 2.44. The van der Waals surface area contributed by atoms with Crippen molar-refractivity contribution in [1.29, 1.82) is 0 Å². The Labute approximate surface area is 83.2 Å². The van der Waals surface area contributed by atoms with E-state index >= 15 is 0 Å². The second-order valence-corrected chi connectivity index (χ2v) is 3.85. The molecule has 4 nitrogen and oxygen atoms in total. The van der Waals surface area contributed by atoms with Gasteiger partial charge in [-0.05, 0) is 19.8 Å². The lowest BCUT2D eigenvalue weighted by Gasteiger charge is -2.14. The molecule has 0 bridgehead atoms. The fourth-order valence-corrected chi connectivity index (χ4v) is 2.05. The van der Waals surface area contributed by atoms with Crippen molar-refractivity contribution in [3.05, 3.63) is 0 Å². The summed E-state index contributed by atoms with van der Waals surface area (Å²) in [6.07, 6.45) is 2.38. The van der Waals surface area contributed by atoms with Crippen molar-refractivity contribution in [2.45, 2.75) is 32.2 Å². The number of likely N-dealkylation sites (tertiary alicyclic amines) is 1. The van der Waals surface area contributed by atoms with Crippen LogP contribution in [0.25, 0.3) is 0 Å². The van der Waals surface area contributed by atoms with Crippen molar-refractivity contribution in [2.75, 3.05) is 13.2 Å². The smallest absolute Gasteiger partial charge is 0.311 e. The number of rotatable bonds is 3. The van der Waals surface area contributed by atoms with Gasteiger partial charge in [0, 0.05) is 19.0 Å². The minimum atomic E-state index is -0.141. The van der Waals surface area contributed by atoms with Crippen molar-refractivity contribution in [1.82, 2.24) is 4.90 Å². The summed E-state index contributed by atoms with van der Waals surface area (Å²) in [5.74, 6) is 0.0102. The largest absolute Gasteiger partial charge is 0.466 e. The summed E-state index contributed by atoms with van der Waals surface area (Å²) in [4.78, 5) is 24.5. The van der Waals surface area contributed by atoms with Crippen molar-refractivity contribution >= 4 is 11.9 Å². The summed E-state index contributed by atoms with van der Waals surface area (Å²) in [5.41, 5.74) is 0. The summed E-state index contributed by atoms with van der Waals surface area (Å²) in [5, 5.41) is 0. The maximum absolute atomic E-state index is 11.4. The Bertz CT molecular complexity index is 264. The minimum absolute atomic E-state index is 0.0444. The van der Waals surface area contributed by atoms with Gasteiger partial charge in [0.05, 0.1) is 12.5 Å². The molecule has 2 atom stereocenters. The van der Waals surface area contributed by atoms with Crippen LogP contribution in [0.15, 0.2) is 0 Å². The monoisotopic (exact) mass is 197 g/mol. The molecule has 1 saturated heterocycles. The molecule has 0 aromatic rings. The Morgan fingerprint density at radius 3 is 3.00 bits per heavy atom. The average molecular weight is 197 g/mol. The molecule has 78 valence electrons.